The van der Waals surface area contributed by atoms with Crippen LogP contribution in [-0.2, 0) is 0 Å². The van der Waals surface area contributed by atoms with Crippen molar-refractivity contribution in [2.45, 2.75) is 12.8 Å². The van der Waals surface area contributed by atoms with Gasteiger partial charge in [0.05, 0.1) is 5.69 Å². The van der Waals surface area contributed by atoms with Crippen LogP contribution >= 0.6 is 24.0 Å². The SMILES string of the molecule is Cl.N/C(=N\C(=Nc1ccc(Cl)cc1)N1CCCC1)c1ccccc1. The Hall–Kier alpha value is -2.04. The van der Waals surface area contributed by atoms with Crippen LogP contribution in [0.2, 0.25) is 5.02 Å². The van der Waals surface area contributed by atoms with Crippen LogP contribution < -0.4 is 5.73 Å². The third-order valence-electron chi connectivity index (χ3n) is 3.73. The average Bonchev–Trinajstić information content (AvgIpc) is 3.11. The van der Waals surface area contributed by atoms with Crippen molar-refractivity contribution in [2.75, 3.05) is 13.1 Å². The van der Waals surface area contributed by atoms with E-state index in [9.17, 15) is 0 Å². The number of aliphatic imine (C=N–C) groups is 2. The molecular formula is C18H20Cl2N4. The van der Waals surface area contributed by atoms with Crippen molar-refractivity contribution in [1.82, 2.24) is 4.90 Å². The fourth-order valence-corrected chi connectivity index (χ4v) is 2.62. The van der Waals surface area contributed by atoms with E-state index in [1.807, 2.05) is 54.6 Å². The molecule has 6 heteroatoms. The molecule has 24 heavy (non-hydrogen) atoms. The van der Waals surface area contributed by atoms with Gasteiger partial charge in [-0.3, -0.25) is 0 Å². The van der Waals surface area contributed by atoms with Crippen LogP contribution in [0.3, 0.4) is 0 Å². The molecule has 0 atom stereocenters. The second-order valence-corrected chi connectivity index (χ2v) is 5.88. The number of likely N-dealkylation sites (tertiary alicyclic amines) is 1. The van der Waals surface area contributed by atoms with Crippen LogP contribution in [-0.4, -0.2) is 29.8 Å². The Morgan fingerprint density at radius 1 is 0.958 bits per heavy atom. The first-order valence-corrected chi connectivity index (χ1v) is 8.09. The normalized spacial score (nSPS) is 15.3. The van der Waals surface area contributed by atoms with Gasteiger partial charge >= 0.3 is 0 Å². The summed E-state index contributed by atoms with van der Waals surface area (Å²) >= 11 is 5.93. The van der Waals surface area contributed by atoms with E-state index in [0.717, 1.165) is 37.2 Å². The van der Waals surface area contributed by atoms with Crippen molar-refractivity contribution in [3.8, 4) is 0 Å². The third-order valence-corrected chi connectivity index (χ3v) is 3.99. The van der Waals surface area contributed by atoms with Crippen LogP contribution in [0.4, 0.5) is 5.69 Å². The molecule has 1 saturated heterocycles. The van der Waals surface area contributed by atoms with Crippen LogP contribution in [0.25, 0.3) is 0 Å². The van der Waals surface area contributed by atoms with Gasteiger partial charge in [0.1, 0.15) is 5.84 Å². The summed E-state index contributed by atoms with van der Waals surface area (Å²) in [4.78, 5) is 11.4. The highest BCUT2D eigenvalue weighted by Gasteiger charge is 2.16. The number of amidine groups is 1. The van der Waals surface area contributed by atoms with Gasteiger partial charge < -0.3 is 10.6 Å². The first-order chi connectivity index (χ1) is 11.2. The van der Waals surface area contributed by atoms with E-state index in [0.29, 0.717) is 16.8 Å². The molecule has 4 nitrogen and oxygen atoms in total. The monoisotopic (exact) mass is 362 g/mol. The Morgan fingerprint density at radius 3 is 2.21 bits per heavy atom. The van der Waals surface area contributed by atoms with Crippen LogP contribution in [0.1, 0.15) is 18.4 Å². The van der Waals surface area contributed by atoms with E-state index in [4.69, 9.17) is 17.3 Å². The summed E-state index contributed by atoms with van der Waals surface area (Å²) < 4.78 is 0. The number of nitrogens with two attached hydrogens (primary N) is 1. The number of halogens is 2. The molecular weight excluding hydrogens is 343 g/mol. The second-order valence-electron chi connectivity index (χ2n) is 5.45. The van der Waals surface area contributed by atoms with E-state index in [1.54, 1.807) is 0 Å². The minimum atomic E-state index is 0. The first kappa shape index (κ1) is 18.3. The molecule has 1 aliphatic heterocycles. The highest BCUT2D eigenvalue weighted by atomic mass is 35.5. The van der Waals surface area contributed by atoms with Gasteiger partial charge in [-0.05, 0) is 37.1 Å². The number of benzene rings is 2. The molecule has 1 heterocycles. The molecule has 2 aromatic carbocycles. The van der Waals surface area contributed by atoms with Gasteiger partial charge in [-0.1, -0.05) is 41.9 Å². The molecule has 2 N–H and O–H groups in total. The zero-order chi connectivity index (χ0) is 16.1. The summed E-state index contributed by atoms with van der Waals surface area (Å²) in [5, 5.41) is 0.693. The summed E-state index contributed by atoms with van der Waals surface area (Å²) in [6.45, 7) is 1.91. The van der Waals surface area contributed by atoms with Gasteiger partial charge in [-0.25, -0.2) is 4.99 Å². The van der Waals surface area contributed by atoms with E-state index in [-0.39, 0.29) is 12.4 Å². The van der Waals surface area contributed by atoms with Crippen molar-refractivity contribution >= 4 is 41.5 Å². The van der Waals surface area contributed by atoms with Crippen molar-refractivity contribution in [3.63, 3.8) is 0 Å². The number of hydrogen-bond acceptors (Lipinski definition) is 1. The molecule has 3 rings (SSSR count). The van der Waals surface area contributed by atoms with E-state index >= 15 is 0 Å². The molecule has 1 fully saturated rings. The summed E-state index contributed by atoms with van der Waals surface area (Å²) in [6.07, 6.45) is 2.31. The van der Waals surface area contributed by atoms with Crippen molar-refractivity contribution in [1.29, 1.82) is 0 Å². The van der Waals surface area contributed by atoms with Crippen molar-refractivity contribution in [3.05, 3.63) is 65.2 Å². The molecule has 0 unspecified atom stereocenters. The van der Waals surface area contributed by atoms with E-state index < -0.39 is 0 Å². The number of guanidine groups is 1. The molecule has 126 valence electrons. The van der Waals surface area contributed by atoms with Gasteiger partial charge in [0.15, 0.2) is 0 Å². The van der Waals surface area contributed by atoms with Gasteiger partial charge in [-0.2, -0.15) is 4.99 Å². The first-order valence-electron chi connectivity index (χ1n) is 7.71. The summed E-state index contributed by atoms with van der Waals surface area (Å²) in [5.74, 6) is 1.14. The molecule has 0 saturated carbocycles. The molecule has 0 amide bonds. The molecule has 1 aliphatic rings. The lowest BCUT2D eigenvalue weighted by Gasteiger charge is -2.17. The minimum absolute atomic E-state index is 0. The maximum absolute atomic E-state index is 6.16. The Labute approximate surface area is 153 Å². The summed E-state index contributed by atoms with van der Waals surface area (Å²) in [5.41, 5.74) is 7.88. The Kier molecular flexibility index (Phi) is 6.64. The number of nitrogens with zero attached hydrogens (tertiary/aromatic N) is 3. The lowest BCUT2D eigenvalue weighted by atomic mass is 10.2. The quantitative estimate of drug-likeness (QED) is 0.641. The lowest BCUT2D eigenvalue weighted by molar-refractivity contribution is 0.514. The van der Waals surface area contributed by atoms with Crippen LogP contribution in [0.15, 0.2) is 64.6 Å². The zero-order valence-corrected chi connectivity index (χ0v) is 14.8. The second kappa shape index (κ2) is 8.71. The largest absolute Gasteiger partial charge is 0.383 e. The van der Waals surface area contributed by atoms with Gasteiger partial charge in [-0.15, -0.1) is 12.4 Å². The molecule has 0 spiro atoms. The Balaban J connectivity index is 0.00000208. The third kappa shape index (κ3) is 4.73. The topological polar surface area (TPSA) is 54.0 Å². The van der Waals surface area contributed by atoms with Gasteiger partial charge in [0.2, 0.25) is 5.96 Å². The number of hydrogen-bond donors (Lipinski definition) is 1. The number of rotatable bonds is 2. The van der Waals surface area contributed by atoms with E-state index in [2.05, 4.69) is 14.9 Å². The maximum atomic E-state index is 6.16. The predicted molar refractivity (Wildman–Crippen MR) is 104 cm³/mol. The minimum Gasteiger partial charge on any atom is -0.383 e. The summed E-state index contributed by atoms with van der Waals surface area (Å²) in [6, 6.07) is 17.2. The maximum Gasteiger partial charge on any atom is 0.227 e. The average molecular weight is 363 g/mol. The highest BCUT2D eigenvalue weighted by Crippen LogP contribution is 2.19. The highest BCUT2D eigenvalue weighted by molar-refractivity contribution is 6.30. The van der Waals surface area contributed by atoms with Crippen molar-refractivity contribution < 1.29 is 0 Å². The predicted octanol–water partition coefficient (Wildman–Crippen LogP) is 4.25. The van der Waals surface area contributed by atoms with Gasteiger partial charge in [0, 0.05) is 23.7 Å². The lowest BCUT2D eigenvalue weighted by Crippen LogP contribution is -2.29. The fourth-order valence-electron chi connectivity index (χ4n) is 2.50. The smallest absolute Gasteiger partial charge is 0.227 e. The van der Waals surface area contributed by atoms with Crippen molar-refractivity contribution in [2.24, 2.45) is 15.7 Å². The molecule has 0 aliphatic carbocycles. The fraction of sp³-hybridized carbons (Fsp3) is 0.222. The molecule has 0 aromatic heterocycles. The Bertz CT molecular complexity index is 706. The zero-order valence-electron chi connectivity index (χ0n) is 13.2. The molecule has 0 radical (unpaired) electrons. The van der Waals surface area contributed by atoms with Gasteiger partial charge in [0.25, 0.3) is 0 Å². The molecule has 0 bridgehead atoms. The standard InChI is InChI=1S/C18H19ClN4.ClH/c19-15-8-10-16(11-9-15)21-18(23-12-4-5-13-23)22-17(20)14-6-2-1-3-7-14;/h1-3,6-11H,4-5,12-13H2,(H2,20,21,22);1H. The van der Waals surface area contributed by atoms with Crippen LogP contribution in [0, 0.1) is 0 Å². The molecule has 2 aromatic rings. The van der Waals surface area contributed by atoms with Crippen LogP contribution in [0.5, 0.6) is 0 Å². The summed E-state index contributed by atoms with van der Waals surface area (Å²) in [7, 11) is 0. The van der Waals surface area contributed by atoms with E-state index in [1.165, 1.54) is 0 Å². The Morgan fingerprint density at radius 2 is 1.58 bits per heavy atom.